The second-order valence-corrected chi connectivity index (χ2v) is 3.71. The molecule has 0 aliphatic heterocycles. The molecule has 0 spiro atoms. The molecule has 1 aromatic carbocycles. The maximum atomic E-state index is 11.1. The number of nitro benzene ring substituents is 1. The summed E-state index contributed by atoms with van der Waals surface area (Å²) >= 11 is 0. The maximum Gasteiger partial charge on any atom is 0.336 e. The van der Waals surface area contributed by atoms with E-state index in [-0.39, 0.29) is 29.8 Å². The van der Waals surface area contributed by atoms with Crippen molar-refractivity contribution in [1.82, 2.24) is 0 Å². The Labute approximate surface area is 114 Å². The zero-order valence-corrected chi connectivity index (χ0v) is 10.7. The van der Waals surface area contributed by atoms with Gasteiger partial charge in [-0.15, -0.1) is 0 Å². The number of benzene rings is 1. The molecule has 0 saturated carbocycles. The number of nitrogens with zero attached hydrogens (tertiary/aromatic N) is 1. The van der Waals surface area contributed by atoms with Gasteiger partial charge in [-0.2, -0.15) is 0 Å². The molecule has 0 atom stereocenters. The van der Waals surface area contributed by atoms with Gasteiger partial charge in [-0.05, 0) is 13.0 Å². The van der Waals surface area contributed by atoms with Gasteiger partial charge in [0.1, 0.15) is 0 Å². The Hall–Kier alpha value is -2.70. The van der Waals surface area contributed by atoms with Crippen LogP contribution in [0.4, 0.5) is 5.69 Å². The summed E-state index contributed by atoms with van der Waals surface area (Å²) in [6, 6.07) is 3.76. The maximum absolute atomic E-state index is 11.1. The number of carbonyl (C=O) groups is 2. The molecule has 106 valence electrons. The molecule has 0 unspecified atom stereocenters. The van der Waals surface area contributed by atoms with E-state index >= 15 is 0 Å². The van der Waals surface area contributed by atoms with E-state index in [1.54, 1.807) is 6.92 Å². The number of esters is 1. The first-order chi connectivity index (χ1) is 9.47. The van der Waals surface area contributed by atoms with Crippen molar-refractivity contribution in [3.8, 4) is 0 Å². The van der Waals surface area contributed by atoms with E-state index in [1.165, 1.54) is 30.4 Å². The predicted molar refractivity (Wildman–Crippen MR) is 70.3 cm³/mol. The predicted octanol–water partition coefficient (Wildman–Crippen LogP) is 2.26. The van der Waals surface area contributed by atoms with Gasteiger partial charge >= 0.3 is 11.9 Å². The first kappa shape index (κ1) is 15.4. The molecule has 1 aromatic rings. The monoisotopic (exact) mass is 279 g/mol. The first-order valence-electron chi connectivity index (χ1n) is 5.80. The molecule has 0 aromatic heterocycles. The molecule has 0 saturated heterocycles. The fourth-order valence-corrected chi connectivity index (χ4v) is 1.57. The van der Waals surface area contributed by atoms with Crippen LogP contribution in [0.25, 0.3) is 6.08 Å². The number of hydrogen-bond donors (Lipinski definition) is 1. The number of carbonyl (C=O) groups excluding carboxylic acids is 1. The van der Waals surface area contributed by atoms with Gasteiger partial charge in [-0.3, -0.25) is 14.9 Å². The van der Waals surface area contributed by atoms with E-state index in [1.807, 2.05) is 0 Å². The van der Waals surface area contributed by atoms with Crippen LogP contribution in [0.1, 0.15) is 29.3 Å². The fourth-order valence-electron chi connectivity index (χ4n) is 1.57. The Morgan fingerprint density at radius 3 is 2.70 bits per heavy atom. The topological polar surface area (TPSA) is 107 Å². The number of ether oxygens (including phenoxy) is 1. The summed E-state index contributed by atoms with van der Waals surface area (Å²) in [6.07, 6.45) is 2.50. The van der Waals surface area contributed by atoms with E-state index < -0.39 is 16.9 Å². The summed E-state index contributed by atoms with van der Waals surface area (Å²) < 4.78 is 4.69. The highest BCUT2D eigenvalue weighted by Crippen LogP contribution is 2.24. The van der Waals surface area contributed by atoms with Crippen LogP contribution in [0, 0.1) is 10.1 Å². The molecule has 0 heterocycles. The van der Waals surface area contributed by atoms with Crippen LogP contribution in [0.3, 0.4) is 0 Å². The van der Waals surface area contributed by atoms with Crippen LogP contribution in [0.15, 0.2) is 24.3 Å². The van der Waals surface area contributed by atoms with Crippen molar-refractivity contribution < 1.29 is 24.4 Å². The van der Waals surface area contributed by atoms with Crippen LogP contribution in [0.2, 0.25) is 0 Å². The van der Waals surface area contributed by atoms with Crippen molar-refractivity contribution in [2.45, 2.75) is 13.3 Å². The highest BCUT2D eigenvalue weighted by atomic mass is 16.6. The zero-order chi connectivity index (χ0) is 15.1. The van der Waals surface area contributed by atoms with Gasteiger partial charge in [0, 0.05) is 6.07 Å². The van der Waals surface area contributed by atoms with Crippen molar-refractivity contribution in [3.05, 3.63) is 45.5 Å². The Balaban J connectivity index is 3.08. The number of nitro groups is 1. The van der Waals surface area contributed by atoms with E-state index in [9.17, 15) is 19.7 Å². The van der Waals surface area contributed by atoms with E-state index in [2.05, 4.69) is 0 Å². The summed E-state index contributed by atoms with van der Waals surface area (Å²) in [6.45, 7) is 1.89. The first-order valence-corrected chi connectivity index (χ1v) is 5.80. The van der Waals surface area contributed by atoms with Gasteiger partial charge in [0.25, 0.3) is 5.69 Å². The van der Waals surface area contributed by atoms with Crippen LogP contribution >= 0.6 is 0 Å². The molecule has 7 nitrogen and oxygen atoms in total. The highest BCUT2D eigenvalue weighted by Gasteiger charge is 2.18. The molecule has 0 aliphatic rings. The molecule has 1 rings (SSSR count). The minimum absolute atomic E-state index is 0.0469. The molecular formula is C13H13NO6. The summed E-state index contributed by atoms with van der Waals surface area (Å²) in [5.74, 6) is -1.76. The smallest absolute Gasteiger partial charge is 0.336 e. The lowest BCUT2D eigenvalue weighted by atomic mass is 10.0. The molecule has 0 bridgehead atoms. The van der Waals surface area contributed by atoms with Gasteiger partial charge < -0.3 is 9.84 Å². The lowest BCUT2D eigenvalue weighted by molar-refractivity contribution is -0.385. The quantitative estimate of drug-likeness (QED) is 0.486. The lowest BCUT2D eigenvalue weighted by Gasteiger charge is -2.02. The SMILES string of the molecule is CCOC(=O)CC=Cc1c(C(=O)O)cccc1[N+](=O)[O-]. The molecule has 7 heteroatoms. The van der Waals surface area contributed by atoms with Crippen molar-refractivity contribution in [1.29, 1.82) is 0 Å². The molecule has 1 N–H and O–H groups in total. The molecule has 0 radical (unpaired) electrons. The third-order valence-electron chi connectivity index (χ3n) is 2.38. The van der Waals surface area contributed by atoms with Crippen LogP contribution in [-0.4, -0.2) is 28.6 Å². The van der Waals surface area contributed by atoms with Crippen LogP contribution in [-0.2, 0) is 9.53 Å². The average molecular weight is 279 g/mol. The third-order valence-corrected chi connectivity index (χ3v) is 2.38. The summed E-state index contributed by atoms with van der Waals surface area (Å²) in [5.41, 5.74) is -0.571. The third kappa shape index (κ3) is 3.91. The molecule has 0 amide bonds. The molecule has 0 aliphatic carbocycles. The van der Waals surface area contributed by atoms with Crippen LogP contribution in [0.5, 0.6) is 0 Å². The van der Waals surface area contributed by atoms with E-state index in [0.29, 0.717) is 0 Å². The van der Waals surface area contributed by atoms with Crippen molar-refractivity contribution in [3.63, 3.8) is 0 Å². The summed E-state index contributed by atoms with van der Waals surface area (Å²) in [5, 5.41) is 19.9. The number of rotatable bonds is 6. The van der Waals surface area contributed by atoms with Gasteiger partial charge in [0.05, 0.1) is 29.1 Å². The highest BCUT2D eigenvalue weighted by molar-refractivity contribution is 5.94. The summed E-state index contributed by atoms with van der Waals surface area (Å²) in [7, 11) is 0. The number of hydrogen-bond acceptors (Lipinski definition) is 5. The Morgan fingerprint density at radius 2 is 2.15 bits per heavy atom. The van der Waals surface area contributed by atoms with E-state index in [4.69, 9.17) is 9.84 Å². The molecular weight excluding hydrogens is 266 g/mol. The second-order valence-electron chi connectivity index (χ2n) is 3.71. The van der Waals surface area contributed by atoms with Gasteiger partial charge in [0.2, 0.25) is 0 Å². The van der Waals surface area contributed by atoms with Crippen molar-refractivity contribution in [2.24, 2.45) is 0 Å². The normalized spacial score (nSPS) is 10.4. The largest absolute Gasteiger partial charge is 0.478 e. The minimum Gasteiger partial charge on any atom is -0.478 e. The lowest BCUT2D eigenvalue weighted by Crippen LogP contribution is -2.03. The number of carboxylic acid groups (broad SMARTS) is 1. The standard InChI is InChI=1S/C13H13NO6/c1-2-20-12(15)8-4-5-9-10(13(16)17)6-3-7-11(9)14(18)19/h3-7H,2,8H2,1H3,(H,16,17). The number of carboxylic acids is 1. The minimum atomic E-state index is -1.27. The molecule has 20 heavy (non-hydrogen) atoms. The Bertz CT molecular complexity index is 532. The summed E-state index contributed by atoms with van der Waals surface area (Å²) in [4.78, 5) is 32.4. The Kier molecular flexibility index (Phi) is 5.40. The Morgan fingerprint density at radius 1 is 1.45 bits per heavy atom. The van der Waals surface area contributed by atoms with Crippen molar-refractivity contribution >= 4 is 23.7 Å². The average Bonchev–Trinajstić information content (AvgIpc) is 2.38. The fraction of sp³-hybridized carbons (Fsp3) is 0.231. The zero-order valence-electron chi connectivity index (χ0n) is 10.7. The van der Waals surface area contributed by atoms with E-state index in [0.717, 1.165) is 0 Å². The molecule has 0 fully saturated rings. The van der Waals surface area contributed by atoms with Gasteiger partial charge in [0.15, 0.2) is 0 Å². The van der Waals surface area contributed by atoms with Gasteiger partial charge in [-0.25, -0.2) is 4.79 Å². The second kappa shape index (κ2) is 7.03. The number of aromatic carboxylic acids is 1. The van der Waals surface area contributed by atoms with Crippen LogP contribution < -0.4 is 0 Å². The van der Waals surface area contributed by atoms with Gasteiger partial charge in [-0.1, -0.05) is 18.2 Å². The van der Waals surface area contributed by atoms with Crippen molar-refractivity contribution in [2.75, 3.05) is 6.61 Å².